The summed E-state index contributed by atoms with van der Waals surface area (Å²) in [5, 5.41) is 14.8. The average Bonchev–Trinajstić information content (AvgIpc) is 2.97. The van der Waals surface area contributed by atoms with E-state index < -0.39 is 11.8 Å². The lowest BCUT2D eigenvalue weighted by Gasteiger charge is -2.10. The molecule has 1 aromatic heterocycles. The summed E-state index contributed by atoms with van der Waals surface area (Å²) >= 11 is 0. The predicted molar refractivity (Wildman–Crippen MR) is 80.0 cm³/mol. The Morgan fingerprint density at radius 3 is 2.23 bits per heavy atom. The molecule has 108 valence electrons. The summed E-state index contributed by atoms with van der Waals surface area (Å²) in [6.45, 7) is 0. The number of rotatable bonds is 1. The summed E-state index contributed by atoms with van der Waals surface area (Å²) in [5.41, 5.74) is 1.21. The molecular formula is C16H11N3O3. The molecule has 3 aromatic rings. The number of amides is 2. The van der Waals surface area contributed by atoms with Gasteiger partial charge in [-0.15, -0.1) is 0 Å². The van der Waals surface area contributed by atoms with Crippen LogP contribution in [0.1, 0.15) is 20.7 Å². The molecule has 0 aliphatic carbocycles. The van der Waals surface area contributed by atoms with Gasteiger partial charge in [-0.2, -0.15) is 5.10 Å². The zero-order valence-electron chi connectivity index (χ0n) is 11.6. The van der Waals surface area contributed by atoms with Crippen molar-refractivity contribution >= 4 is 28.5 Å². The number of para-hydroxylation sites is 1. The van der Waals surface area contributed by atoms with E-state index in [-0.39, 0.29) is 11.6 Å². The van der Waals surface area contributed by atoms with Gasteiger partial charge in [0.2, 0.25) is 0 Å². The summed E-state index contributed by atoms with van der Waals surface area (Å²) in [6, 6.07) is 11.6. The van der Waals surface area contributed by atoms with Gasteiger partial charge >= 0.3 is 0 Å². The third-order valence-electron chi connectivity index (χ3n) is 3.83. The van der Waals surface area contributed by atoms with Crippen LogP contribution in [0.3, 0.4) is 0 Å². The molecule has 0 unspecified atom stereocenters. The first-order chi connectivity index (χ1) is 10.6. The van der Waals surface area contributed by atoms with Crippen LogP contribution in [-0.4, -0.2) is 26.7 Å². The number of nitrogens with zero attached hydrogens (tertiary/aromatic N) is 3. The standard InChI is InChI=1S/C16H11N3O3/c1-18-13-11(7-4-8-12(13)20)14(17-18)19-15(21)9-5-2-3-6-10(9)16(19)22/h2-8,20H,1H3. The van der Waals surface area contributed by atoms with Crippen molar-refractivity contribution in [3.05, 3.63) is 53.6 Å². The Morgan fingerprint density at radius 1 is 0.955 bits per heavy atom. The van der Waals surface area contributed by atoms with Gasteiger partial charge in [-0.25, -0.2) is 4.90 Å². The van der Waals surface area contributed by atoms with Crippen molar-refractivity contribution in [3.8, 4) is 5.75 Å². The first-order valence-corrected chi connectivity index (χ1v) is 6.72. The van der Waals surface area contributed by atoms with E-state index in [4.69, 9.17) is 0 Å². The number of aromatic hydroxyl groups is 1. The van der Waals surface area contributed by atoms with Gasteiger partial charge in [0.1, 0.15) is 11.3 Å². The molecule has 2 heterocycles. The third-order valence-corrected chi connectivity index (χ3v) is 3.83. The van der Waals surface area contributed by atoms with Crippen molar-refractivity contribution in [1.82, 2.24) is 9.78 Å². The average molecular weight is 293 g/mol. The molecule has 1 N–H and O–H groups in total. The number of hydrogen-bond donors (Lipinski definition) is 1. The minimum Gasteiger partial charge on any atom is -0.506 e. The van der Waals surface area contributed by atoms with Gasteiger partial charge in [0.15, 0.2) is 5.82 Å². The monoisotopic (exact) mass is 293 g/mol. The maximum Gasteiger partial charge on any atom is 0.267 e. The number of anilines is 1. The Morgan fingerprint density at radius 2 is 1.59 bits per heavy atom. The highest BCUT2D eigenvalue weighted by Crippen LogP contribution is 2.35. The molecule has 0 fully saturated rings. The normalized spacial score (nSPS) is 14.0. The van der Waals surface area contributed by atoms with Crippen LogP contribution in [0, 0.1) is 0 Å². The number of carbonyl (C=O) groups excluding carboxylic acids is 2. The van der Waals surface area contributed by atoms with Crippen LogP contribution < -0.4 is 4.90 Å². The minimum atomic E-state index is -0.399. The second kappa shape index (κ2) is 4.17. The Hall–Kier alpha value is -3.15. The van der Waals surface area contributed by atoms with E-state index in [0.29, 0.717) is 22.0 Å². The smallest absolute Gasteiger partial charge is 0.267 e. The SMILES string of the molecule is Cn1nc(N2C(=O)c3ccccc3C2=O)c2cccc(O)c21. The summed E-state index contributed by atoms with van der Waals surface area (Å²) in [4.78, 5) is 26.1. The van der Waals surface area contributed by atoms with E-state index in [2.05, 4.69) is 5.10 Å². The quantitative estimate of drug-likeness (QED) is 0.697. The third kappa shape index (κ3) is 1.46. The van der Waals surface area contributed by atoms with E-state index in [1.54, 1.807) is 43.4 Å². The van der Waals surface area contributed by atoms with Gasteiger partial charge in [0.25, 0.3) is 11.8 Å². The molecule has 1 aliphatic heterocycles. The molecule has 0 atom stereocenters. The molecule has 0 spiro atoms. The van der Waals surface area contributed by atoms with Gasteiger partial charge in [0, 0.05) is 12.4 Å². The molecule has 6 nitrogen and oxygen atoms in total. The van der Waals surface area contributed by atoms with Crippen LogP contribution in [0.4, 0.5) is 5.82 Å². The van der Waals surface area contributed by atoms with Crippen molar-refractivity contribution in [3.63, 3.8) is 0 Å². The fourth-order valence-electron chi connectivity index (χ4n) is 2.84. The van der Waals surface area contributed by atoms with Gasteiger partial charge in [-0.1, -0.05) is 18.2 Å². The van der Waals surface area contributed by atoms with Crippen LogP contribution in [0.5, 0.6) is 5.75 Å². The highest BCUT2D eigenvalue weighted by atomic mass is 16.3. The summed E-state index contributed by atoms with van der Waals surface area (Å²) < 4.78 is 1.46. The van der Waals surface area contributed by atoms with Crippen molar-refractivity contribution in [2.45, 2.75) is 0 Å². The van der Waals surface area contributed by atoms with Crippen LogP contribution >= 0.6 is 0 Å². The van der Waals surface area contributed by atoms with Gasteiger partial charge in [-0.05, 0) is 24.3 Å². The minimum absolute atomic E-state index is 0.0513. The molecule has 0 saturated heterocycles. The van der Waals surface area contributed by atoms with Gasteiger partial charge < -0.3 is 5.11 Å². The molecule has 0 bridgehead atoms. The largest absolute Gasteiger partial charge is 0.506 e. The molecule has 2 aromatic carbocycles. The molecular weight excluding hydrogens is 282 g/mol. The number of fused-ring (bicyclic) bond motifs is 2. The van der Waals surface area contributed by atoms with Crippen molar-refractivity contribution < 1.29 is 14.7 Å². The van der Waals surface area contributed by atoms with Crippen LogP contribution in [0.15, 0.2) is 42.5 Å². The lowest BCUT2D eigenvalue weighted by molar-refractivity contribution is 0.0925. The lowest BCUT2D eigenvalue weighted by Crippen LogP contribution is -2.30. The fourth-order valence-corrected chi connectivity index (χ4v) is 2.84. The van der Waals surface area contributed by atoms with E-state index in [1.165, 1.54) is 10.7 Å². The molecule has 4 rings (SSSR count). The number of benzene rings is 2. The summed E-state index contributed by atoms with van der Waals surface area (Å²) in [5.74, 6) is -0.511. The number of aromatic nitrogens is 2. The molecule has 6 heteroatoms. The molecule has 1 aliphatic rings. The maximum atomic E-state index is 12.5. The molecule has 22 heavy (non-hydrogen) atoms. The number of hydrogen-bond acceptors (Lipinski definition) is 4. The fraction of sp³-hybridized carbons (Fsp3) is 0.0625. The van der Waals surface area contributed by atoms with Crippen molar-refractivity contribution in [2.75, 3.05) is 4.90 Å². The van der Waals surface area contributed by atoms with E-state index in [9.17, 15) is 14.7 Å². The predicted octanol–water partition coefficient (Wildman–Crippen LogP) is 2.08. The highest BCUT2D eigenvalue weighted by molar-refractivity contribution is 6.35. The van der Waals surface area contributed by atoms with E-state index >= 15 is 0 Å². The van der Waals surface area contributed by atoms with Crippen molar-refractivity contribution in [2.24, 2.45) is 7.05 Å². The van der Waals surface area contributed by atoms with Crippen molar-refractivity contribution in [1.29, 1.82) is 0 Å². The zero-order valence-corrected chi connectivity index (χ0v) is 11.6. The first kappa shape index (κ1) is 12.6. The molecule has 2 amide bonds. The van der Waals surface area contributed by atoms with Crippen LogP contribution in [0.25, 0.3) is 10.9 Å². The number of phenolic OH excluding ortho intramolecular Hbond substituents is 1. The van der Waals surface area contributed by atoms with Gasteiger partial charge in [0.05, 0.1) is 11.1 Å². The Labute approximate surface area is 125 Å². The number of phenols is 1. The molecule has 0 saturated carbocycles. The topological polar surface area (TPSA) is 75.4 Å². The summed E-state index contributed by atoms with van der Waals surface area (Å²) in [6.07, 6.45) is 0. The van der Waals surface area contributed by atoms with E-state index in [0.717, 1.165) is 4.90 Å². The first-order valence-electron chi connectivity index (χ1n) is 6.72. The molecule has 0 radical (unpaired) electrons. The Balaban J connectivity index is 1.97. The number of imide groups is 1. The summed E-state index contributed by atoms with van der Waals surface area (Å²) in [7, 11) is 1.66. The van der Waals surface area contributed by atoms with Gasteiger partial charge in [-0.3, -0.25) is 14.3 Å². The second-order valence-electron chi connectivity index (χ2n) is 5.11. The van der Waals surface area contributed by atoms with E-state index in [1.807, 2.05) is 0 Å². The van der Waals surface area contributed by atoms with Crippen LogP contribution in [0.2, 0.25) is 0 Å². The number of aryl methyl sites for hydroxylation is 1. The Kier molecular flexibility index (Phi) is 2.39. The number of carbonyl (C=O) groups is 2. The Bertz CT molecular complexity index is 923. The van der Waals surface area contributed by atoms with Crippen LogP contribution in [-0.2, 0) is 7.05 Å². The zero-order chi connectivity index (χ0) is 15.4. The lowest BCUT2D eigenvalue weighted by atomic mass is 10.1. The highest BCUT2D eigenvalue weighted by Gasteiger charge is 2.38. The maximum absolute atomic E-state index is 12.5. The second-order valence-corrected chi connectivity index (χ2v) is 5.11.